The molecule has 4 rings (SSSR count). The third-order valence-electron chi connectivity index (χ3n) is 4.48. The number of aromatic amines is 2. The van der Waals surface area contributed by atoms with E-state index in [1.165, 1.54) is 0 Å². The van der Waals surface area contributed by atoms with Crippen molar-refractivity contribution in [2.75, 3.05) is 0 Å². The molecule has 2 aromatic carbocycles. The molecule has 0 fully saturated rings. The van der Waals surface area contributed by atoms with Gasteiger partial charge in [-0.1, -0.05) is 36.4 Å². The Morgan fingerprint density at radius 2 is 1.77 bits per heavy atom. The molecule has 0 spiro atoms. The summed E-state index contributed by atoms with van der Waals surface area (Å²) in [4.78, 5) is 30.3. The lowest BCUT2D eigenvalue weighted by atomic mass is 10.0. The van der Waals surface area contributed by atoms with Gasteiger partial charge in [0.05, 0.1) is 0 Å². The summed E-state index contributed by atoms with van der Waals surface area (Å²) in [7, 11) is 0. The minimum absolute atomic E-state index is 0.200. The van der Waals surface area contributed by atoms with E-state index in [1.54, 1.807) is 12.3 Å². The predicted octanol–water partition coefficient (Wildman–Crippen LogP) is 3.07. The van der Waals surface area contributed by atoms with Crippen molar-refractivity contribution in [3.63, 3.8) is 0 Å². The lowest BCUT2D eigenvalue weighted by Gasteiger charge is -2.13. The molecule has 0 aliphatic heterocycles. The fraction of sp³-hybridized carbons (Fsp3) is 0.100. The van der Waals surface area contributed by atoms with Gasteiger partial charge in [0.15, 0.2) is 0 Å². The first-order valence-electron chi connectivity index (χ1n) is 8.28. The smallest absolute Gasteiger partial charge is 0.326 e. The number of para-hydroxylation sites is 2. The van der Waals surface area contributed by atoms with Crippen molar-refractivity contribution in [3.8, 4) is 0 Å². The Morgan fingerprint density at radius 1 is 1.04 bits per heavy atom. The van der Waals surface area contributed by atoms with Crippen LogP contribution in [-0.2, 0) is 11.2 Å². The van der Waals surface area contributed by atoms with Gasteiger partial charge in [0.2, 0.25) is 0 Å². The Bertz CT molecular complexity index is 1080. The maximum Gasteiger partial charge on any atom is 0.326 e. The summed E-state index contributed by atoms with van der Waals surface area (Å²) < 4.78 is 0. The molecule has 2 aromatic heterocycles. The minimum atomic E-state index is -1.07. The molecule has 130 valence electrons. The molecule has 26 heavy (non-hydrogen) atoms. The van der Waals surface area contributed by atoms with Crippen molar-refractivity contribution < 1.29 is 14.7 Å². The van der Waals surface area contributed by atoms with E-state index in [9.17, 15) is 14.7 Å². The monoisotopic (exact) mass is 347 g/mol. The molecule has 4 aromatic rings. The van der Waals surface area contributed by atoms with E-state index in [-0.39, 0.29) is 6.42 Å². The first kappa shape index (κ1) is 16.0. The van der Waals surface area contributed by atoms with Gasteiger partial charge in [-0.05, 0) is 23.8 Å². The number of hydrogen-bond donors (Lipinski definition) is 4. The highest BCUT2D eigenvalue weighted by molar-refractivity contribution is 5.99. The first-order valence-corrected chi connectivity index (χ1v) is 8.28. The van der Waals surface area contributed by atoms with Crippen molar-refractivity contribution in [2.24, 2.45) is 0 Å². The number of H-pyrrole nitrogens is 2. The number of carbonyl (C=O) groups is 2. The average Bonchev–Trinajstić information content (AvgIpc) is 3.25. The van der Waals surface area contributed by atoms with E-state index in [2.05, 4.69) is 15.3 Å². The quantitative estimate of drug-likeness (QED) is 0.446. The summed E-state index contributed by atoms with van der Waals surface area (Å²) in [6.45, 7) is 0. The molecule has 0 aliphatic carbocycles. The second-order valence-corrected chi connectivity index (χ2v) is 6.20. The predicted molar refractivity (Wildman–Crippen MR) is 99.2 cm³/mol. The van der Waals surface area contributed by atoms with Gasteiger partial charge in [-0.2, -0.15) is 0 Å². The van der Waals surface area contributed by atoms with Gasteiger partial charge in [0, 0.05) is 34.4 Å². The zero-order valence-corrected chi connectivity index (χ0v) is 13.8. The van der Waals surface area contributed by atoms with Crippen LogP contribution in [0.2, 0.25) is 0 Å². The number of fused-ring (bicyclic) bond motifs is 2. The Labute approximate surface area is 148 Å². The van der Waals surface area contributed by atoms with Crippen LogP contribution < -0.4 is 5.32 Å². The summed E-state index contributed by atoms with van der Waals surface area (Å²) in [6.07, 6.45) is 1.99. The molecule has 0 unspecified atom stereocenters. The minimum Gasteiger partial charge on any atom is -0.480 e. The number of carboxylic acids is 1. The Kier molecular flexibility index (Phi) is 3.93. The normalized spacial score (nSPS) is 12.3. The van der Waals surface area contributed by atoms with Crippen molar-refractivity contribution in [2.45, 2.75) is 12.5 Å². The molecule has 6 nitrogen and oxygen atoms in total. The summed E-state index contributed by atoms with van der Waals surface area (Å²) in [5, 5.41) is 14.0. The van der Waals surface area contributed by atoms with Gasteiger partial charge >= 0.3 is 5.97 Å². The third-order valence-corrected chi connectivity index (χ3v) is 4.48. The van der Waals surface area contributed by atoms with E-state index in [0.29, 0.717) is 5.69 Å². The van der Waals surface area contributed by atoms with Gasteiger partial charge in [0.1, 0.15) is 11.7 Å². The highest BCUT2D eigenvalue weighted by Crippen LogP contribution is 2.20. The van der Waals surface area contributed by atoms with Gasteiger partial charge in [-0.3, -0.25) is 4.79 Å². The Balaban J connectivity index is 1.56. The number of carboxylic acid groups (broad SMARTS) is 1. The van der Waals surface area contributed by atoms with Gasteiger partial charge in [-0.15, -0.1) is 0 Å². The van der Waals surface area contributed by atoms with E-state index < -0.39 is 17.9 Å². The second kappa shape index (κ2) is 6.40. The van der Waals surface area contributed by atoms with Crippen LogP contribution in [0.1, 0.15) is 16.1 Å². The Hall–Kier alpha value is -3.54. The molecule has 0 saturated heterocycles. The maximum absolute atomic E-state index is 12.5. The average molecular weight is 347 g/mol. The maximum atomic E-state index is 12.5. The third kappa shape index (κ3) is 2.93. The molecule has 0 saturated carbocycles. The SMILES string of the molecule is O=C(N[C@@H](Cc1c[nH]c2ccccc12)C(=O)O)c1cc2ccccc2[nH]1. The van der Waals surface area contributed by atoms with Crippen LogP contribution in [-0.4, -0.2) is 33.0 Å². The largest absolute Gasteiger partial charge is 0.480 e. The number of nitrogens with one attached hydrogen (secondary N) is 3. The number of aliphatic carboxylic acids is 1. The van der Waals surface area contributed by atoms with Crippen LogP contribution >= 0.6 is 0 Å². The Morgan fingerprint density at radius 3 is 2.54 bits per heavy atom. The molecule has 1 amide bonds. The topological polar surface area (TPSA) is 98.0 Å². The van der Waals surface area contributed by atoms with E-state index in [0.717, 1.165) is 27.4 Å². The fourth-order valence-electron chi connectivity index (χ4n) is 3.15. The van der Waals surface area contributed by atoms with Crippen LogP contribution in [0, 0.1) is 0 Å². The van der Waals surface area contributed by atoms with Gasteiger partial charge in [-0.25, -0.2) is 4.79 Å². The second-order valence-electron chi connectivity index (χ2n) is 6.20. The van der Waals surface area contributed by atoms with E-state index in [4.69, 9.17) is 0 Å². The standard InChI is InChI=1S/C20H17N3O3/c24-19(17-9-12-5-1-3-7-15(12)22-17)23-18(20(25)26)10-13-11-21-16-8-4-2-6-14(13)16/h1-9,11,18,21-22H,10H2,(H,23,24)(H,25,26)/t18-/m0/s1. The zero-order valence-electron chi connectivity index (χ0n) is 13.8. The first-order chi connectivity index (χ1) is 12.6. The number of aromatic nitrogens is 2. The van der Waals surface area contributed by atoms with Gasteiger partial charge in [0.25, 0.3) is 5.91 Å². The van der Waals surface area contributed by atoms with Gasteiger partial charge < -0.3 is 20.4 Å². The summed E-state index contributed by atoms with van der Waals surface area (Å²) in [5.74, 6) is -1.51. The van der Waals surface area contributed by atoms with Crippen molar-refractivity contribution in [1.82, 2.24) is 15.3 Å². The van der Waals surface area contributed by atoms with E-state index in [1.807, 2.05) is 48.5 Å². The van der Waals surface area contributed by atoms with Crippen LogP contribution in [0.15, 0.2) is 60.8 Å². The lowest BCUT2D eigenvalue weighted by molar-refractivity contribution is -0.139. The summed E-state index contributed by atoms with van der Waals surface area (Å²) in [5.41, 5.74) is 2.97. The number of hydrogen-bond acceptors (Lipinski definition) is 2. The molecule has 0 bridgehead atoms. The molecule has 2 heterocycles. The summed E-state index contributed by atoms with van der Waals surface area (Å²) in [6, 6.07) is 15.9. The van der Waals surface area contributed by atoms with Crippen LogP contribution in [0.5, 0.6) is 0 Å². The number of amides is 1. The lowest BCUT2D eigenvalue weighted by Crippen LogP contribution is -2.42. The van der Waals surface area contributed by atoms with E-state index >= 15 is 0 Å². The van der Waals surface area contributed by atoms with Crippen LogP contribution in [0.4, 0.5) is 0 Å². The highest BCUT2D eigenvalue weighted by Gasteiger charge is 2.23. The fourth-order valence-corrected chi connectivity index (χ4v) is 3.15. The number of carbonyl (C=O) groups excluding carboxylic acids is 1. The highest BCUT2D eigenvalue weighted by atomic mass is 16.4. The zero-order chi connectivity index (χ0) is 18.1. The van der Waals surface area contributed by atoms with Crippen LogP contribution in [0.25, 0.3) is 21.8 Å². The van der Waals surface area contributed by atoms with Crippen LogP contribution in [0.3, 0.4) is 0 Å². The molecule has 0 radical (unpaired) electrons. The van der Waals surface area contributed by atoms with Crippen molar-refractivity contribution in [3.05, 3.63) is 72.1 Å². The molecule has 1 atom stereocenters. The molecule has 0 aliphatic rings. The molecule has 4 N–H and O–H groups in total. The van der Waals surface area contributed by atoms with Crippen molar-refractivity contribution >= 4 is 33.7 Å². The molecular formula is C20H17N3O3. The molecular weight excluding hydrogens is 330 g/mol. The number of benzene rings is 2. The van der Waals surface area contributed by atoms with Crippen molar-refractivity contribution in [1.29, 1.82) is 0 Å². The molecule has 6 heteroatoms. The summed E-state index contributed by atoms with van der Waals surface area (Å²) >= 11 is 0. The number of rotatable bonds is 5.